The molecule has 0 aliphatic carbocycles. The molecule has 0 fully saturated rings. The molecule has 0 aliphatic rings. The summed E-state index contributed by atoms with van der Waals surface area (Å²) >= 11 is 0. The molecule has 1 amide bonds. The number of rotatable bonds is 5. The van der Waals surface area contributed by atoms with Gasteiger partial charge in [-0.2, -0.15) is 5.10 Å². The molecule has 1 aromatic carbocycles. The van der Waals surface area contributed by atoms with Gasteiger partial charge in [-0.3, -0.25) is 14.6 Å². The minimum atomic E-state index is -0.364. The van der Waals surface area contributed by atoms with E-state index in [1.165, 1.54) is 16.8 Å². The zero-order valence-electron chi connectivity index (χ0n) is 13.4. The first-order chi connectivity index (χ1) is 11.7. The van der Waals surface area contributed by atoms with Crippen LogP contribution in [-0.4, -0.2) is 20.7 Å². The number of benzene rings is 1. The van der Waals surface area contributed by atoms with E-state index in [4.69, 9.17) is 0 Å². The SMILES string of the molecule is CCCCn1nc(C(=O)Nc2cnc3ccccc3c2)ccc1=O. The van der Waals surface area contributed by atoms with Crippen LogP contribution in [0.2, 0.25) is 0 Å². The van der Waals surface area contributed by atoms with Crippen LogP contribution in [0.25, 0.3) is 10.9 Å². The van der Waals surface area contributed by atoms with Crippen molar-refractivity contribution in [2.45, 2.75) is 26.3 Å². The van der Waals surface area contributed by atoms with Crippen LogP contribution in [0.3, 0.4) is 0 Å². The van der Waals surface area contributed by atoms with E-state index in [0.29, 0.717) is 12.2 Å². The van der Waals surface area contributed by atoms with E-state index in [-0.39, 0.29) is 17.2 Å². The molecule has 0 atom stereocenters. The lowest BCUT2D eigenvalue weighted by Crippen LogP contribution is -2.26. The summed E-state index contributed by atoms with van der Waals surface area (Å²) in [4.78, 5) is 28.4. The number of nitrogens with one attached hydrogen (secondary N) is 1. The molecule has 0 aliphatic heterocycles. The highest BCUT2D eigenvalue weighted by Crippen LogP contribution is 2.16. The largest absolute Gasteiger partial charge is 0.319 e. The van der Waals surface area contributed by atoms with Crippen LogP contribution in [0.15, 0.2) is 53.5 Å². The number of carbonyl (C=O) groups is 1. The van der Waals surface area contributed by atoms with Gasteiger partial charge in [-0.05, 0) is 24.6 Å². The number of aromatic nitrogens is 3. The Morgan fingerprint density at radius 3 is 2.88 bits per heavy atom. The van der Waals surface area contributed by atoms with Gasteiger partial charge in [-0.1, -0.05) is 31.5 Å². The van der Waals surface area contributed by atoms with Gasteiger partial charge in [0.2, 0.25) is 0 Å². The molecule has 24 heavy (non-hydrogen) atoms. The first kappa shape index (κ1) is 15.9. The lowest BCUT2D eigenvalue weighted by Gasteiger charge is -2.08. The predicted octanol–water partition coefficient (Wildman–Crippen LogP) is 2.84. The molecule has 6 nitrogen and oxygen atoms in total. The fourth-order valence-corrected chi connectivity index (χ4v) is 2.37. The van der Waals surface area contributed by atoms with Crippen LogP contribution in [-0.2, 0) is 6.54 Å². The molecule has 0 saturated carbocycles. The first-order valence-corrected chi connectivity index (χ1v) is 7.91. The molecule has 122 valence electrons. The Bertz CT molecular complexity index is 933. The van der Waals surface area contributed by atoms with Gasteiger partial charge >= 0.3 is 0 Å². The van der Waals surface area contributed by atoms with Crippen molar-refractivity contribution in [2.75, 3.05) is 5.32 Å². The van der Waals surface area contributed by atoms with Gasteiger partial charge in [-0.25, -0.2) is 4.68 Å². The number of pyridine rings is 1. The zero-order chi connectivity index (χ0) is 16.9. The smallest absolute Gasteiger partial charge is 0.276 e. The number of nitrogens with zero attached hydrogens (tertiary/aromatic N) is 3. The molecule has 0 radical (unpaired) electrons. The lowest BCUT2D eigenvalue weighted by molar-refractivity contribution is 0.101. The van der Waals surface area contributed by atoms with E-state index in [0.717, 1.165) is 23.7 Å². The van der Waals surface area contributed by atoms with E-state index in [1.54, 1.807) is 6.20 Å². The minimum Gasteiger partial charge on any atom is -0.319 e. The molecule has 2 heterocycles. The third-order valence-corrected chi connectivity index (χ3v) is 3.67. The second kappa shape index (κ2) is 7.04. The molecule has 3 aromatic rings. The van der Waals surface area contributed by atoms with Crippen LogP contribution in [0.4, 0.5) is 5.69 Å². The van der Waals surface area contributed by atoms with Gasteiger partial charge in [0.15, 0.2) is 0 Å². The molecule has 3 rings (SSSR count). The van der Waals surface area contributed by atoms with E-state index in [1.807, 2.05) is 37.3 Å². The first-order valence-electron chi connectivity index (χ1n) is 7.91. The third kappa shape index (κ3) is 3.48. The lowest BCUT2D eigenvalue weighted by atomic mass is 10.2. The van der Waals surface area contributed by atoms with Crippen LogP contribution in [0.1, 0.15) is 30.3 Å². The Hall–Kier alpha value is -3.02. The monoisotopic (exact) mass is 322 g/mol. The van der Waals surface area contributed by atoms with Crippen LogP contribution in [0, 0.1) is 0 Å². The number of carbonyl (C=O) groups excluding carboxylic acids is 1. The van der Waals surface area contributed by atoms with E-state index in [9.17, 15) is 9.59 Å². The number of hydrogen-bond donors (Lipinski definition) is 1. The van der Waals surface area contributed by atoms with Crippen molar-refractivity contribution in [3.63, 3.8) is 0 Å². The highest BCUT2D eigenvalue weighted by Gasteiger charge is 2.10. The van der Waals surface area contributed by atoms with Crippen LogP contribution >= 0.6 is 0 Å². The van der Waals surface area contributed by atoms with Crippen molar-refractivity contribution in [1.82, 2.24) is 14.8 Å². The predicted molar refractivity (Wildman–Crippen MR) is 93.1 cm³/mol. The Labute approximate surface area is 139 Å². The average Bonchev–Trinajstić information content (AvgIpc) is 2.61. The number of para-hydroxylation sites is 1. The number of unbranched alkanes of at least 4 members (excludes halogenated alkanes) is 1. The van der Waals surface area contributed by atoms with Crippen molar-refractivity contribution in [2.24, 2.45) is 0 Å². The Kier molecular flexibility index (Phi) is 4.65. The Balaban J connectivity index is 1.81. The Morgan fingerprint density at radius 1 is 1.21 bits per heavy atom. The van der Waals surface area contributed by atoms with E-state index < -0.39 is 0 Å². The summed E-state index contributed by atoms with van der Waals surface area (Å²) in [6.45, 7) is 2.54. The van der Waals surface area contributed by atoms with E-state index >= 15 is 0 Å². The summed E-state index contributed by atoms with van der Waals surface area (Å²) in [5.74, 6) is -0.364. The number of amides is 1. The van der Waals surface area contributed by atoms with Gasteiger partial charge in [0.05, 0.1) is 17.4 Å². The standard InChI is InChI=1S/C18H18N4O2/c1-2-3-10-22-17(23)9-8-16(21-22)18(24)20-14-11-13-6-4-5-7-15(13)19-12-14/h4-9,11-12H,2-3,10H2,1H3,(H,20,24). The summed E-state index contributed by atoms with van der Waals surface area (Å²) < 4.78 is 1.33. The maximum atomic E-state index is 12.4. The fourth-order valence-electron chi connectivity index (χ4n) is 2.37. The molecule has 6 heteroatoms. The van der Waals surface area contributed by atoms with Crippen molar-refractivity contribution < 1.29 is 4.79 Å². The molecule has 0 saturated heterocycles. The number of hydrogen-bond acceptors (Lipinski definition) is 4. The van der Waals surface area contributed by atoms with Gasteiger partial charge in [0, 0.05) is 18.0 Å². The van der Waals surface area contributed by atoms with Gasteiger partial charge in [-0.15, -0.1) is 0 Å². The normalized spacial score (nSPS) is 10.7. The zero-order valence-corrected chi connectivity index (χ0v) is 13.4. The topological polar surface area (TPSA) is 76.9 Å². The van der Waals surface area contributed by atoms with Gasteiger partial charge in [0.25, 0.3) is 11.5 Å². The molecular formula is C18H18N4O2. The Morgan fingerprint density at radius 2 is 2.04 bits per heavy atom. The minimum absolute atomic E-state index is 0.202. The average molecular weight is 322 g/mol. The molecule has 0 spiro atoms. The molecule has 0 bridgehead atoms. The van der Waals surface area contributed by atoms with Gasteiger partial charge < -0.3 is 5.32 Å². The number of fused-ring (bicyclic) bond motifs is 1. The highest BCUT2D eigenvalue weighted by atomic mass is 16.2. The molecular weight excluding hydrogens is 304 g/mol. The molecule has 0 unspecified atom stereocenters. The summed E-state index contributed by atoms with van der Waals surface area (Å²) in [5, 5.41) is 7.85. The number of anilines is 1. The van der Waals surface area contributed by atoms with Crippen LogP contribution < -0.4 is 10.9 Å². The maximum Gasteiger partial charge on any atom is 0.276 e. The van der Waals surface area contributed by atoms with Crippen molar-refractivity contribution in [3.05, 3.63) is 64.7 Å². The van der Waals surface area contributed by atoms with Crippen LogP contribution in [0.5, 0.6) is 0 Å². The third-order valence-electron chi connectivity index (χ3n) is 3.67. The van der Waals surface area contributed by atoms with Crippen molar-refractivity contribution in [1.29, 1.82) is 0 Å². The van der Waals surface area contributed by atoms with Crippen molar-refractivity contribution >= 4 is 22.5 Å². The van der Waals surface area contributed by atoms with E-state index in [2.05, 4.69) is 15.4 Å². The summed E-state index contributed by atoms with van der Waals surface area (Å²) in [7, 11) is 0. The molecule has 1 N–H and O–H groups in total. The second-order valence-electron chi connectivity index (χ2n) is 5.50. The fraction of sp³-hybridized carbons (Fsp3) is 0.222. The quantitative estimate of drug-likeness (QED) is 0.783. The highest BCUT2D eigenvalue weighted by molar-refractivity contribution is 6.03. The maximum absolute atomic E-state index is 12.4. The van der Waals surface area contributed by atoms with Gasteiger partial charge in [0.1, 0.15) is 5.69 Å². The summed E-state index contributed by atoms with van der Waals surface area (Å²) in [6, 6.07) is 12.3. The summed E-state index contributed by atoms with van der Waals surface area (Å²) in [6.07, 6.45) is 3.40. The number of aryl methyl sites for hydroxylation is 1. The molecule has 2 aromatic heterocycles. The van der Waals surface area contributed by atoms with Crippen molar-refractivity contribution in [3.8, 4) is 0 Å². The summed E-state index contributed by atoms with van der Waals surface area (Å²) in [5.41, 5.74) is 1.46. The second-order valence-corrected chi connectivity index (χ2v) is 5.50.